The number of nitrogens with one attached hydrogen (secondary N) is 2. The summed E-state index contributed by atoms with van der Waals surface area (Å²) in [6.07, 6.45) is 0. The molecule has 0 aliphatic heterocycles. The molecular weight excluding hydrogens is 302 g/mol. The van der Waals surface area contributed by atoms with Crippen LogP contribution >= 0.6 is 0 Å². The number of nitrogens with zero attached hydrogens (tertiary/aromatic N) is 1. The van der Waals surface area contributed by atoms with Gasteiger partial charge < -0.3 is 19.8 Å². The lowest BCUT2D eigenvalue weighted by atomic mass is 10.2. The monoisotopic (exact) mass is 323 g/mol. The summed E-state index contributed by atoms with van der Waals surface area (Å²) in [6, 6.07) is 18.0. The van der Waals surface area contributed by atoms with Gasteiger partial charge in [0.15, 0.2) is 5.96 Å². The first-order chi connectivity index (χ1) is 11.8. The van der Waals surface area contributed by atoms with E-state index in [0.29, 0.717) is 13.1 Å². The minimum absolute atomic E-state index is 0.580. The van der Waals surface area contributed by atoms with Crippen LogP contribution in [0.15, 0.2) is 64.0 Å². The molecule has 5 heteroatoms. The van der Waals surface area contributed by atoms with Gasteiger partial charge in [0.2, 0.25) is 0 Å². The Kier molecular flexibility index (Phi) is 5.01. The summed E-state index contributed by atoms with van der Waals surface area (Å²) in [6.45, 7) is 1.26. The number of fused-ring (bicyclic) bond motifs is 1. The summed E-state index contributed by atoms with van der Waals surface area (Å²) in [5.74, 6) is 2.46. The standard InChI is InChI=1S/C19H21N3O2/c1-20-19(21-12-14-7-9-16(23-2)10-8-14)22-13-17-11-15-5-3-4-6-18(15)24-17/h3-11H,12-13H2,1-2H3,(H2,20,21,22). The number of para-hydroxylation sites is 1. The Labute approximate surface area is 141 Å². The van der Waals surface area contributed by atoms with E-state index >= 15 is 0 Å². The highest BCUT2D eigenvalue weighted by Gasteiger charge is 2.04. The molecule has 124 valence electrons. The molecule has 24 heavy (non-hydrogen) atoms. The molecule has 0 spiro atoms. The Hall–Kier alpha value is -2.95. The second-order valence-electron chi connectivity index (χ2n) is 5.38. The van der Waals surface area contributed by atoms with E-state index in [2.05, 4.69) is 15.6 Å². The van der Waals surface area contributed by atoms with Crippen molar-refractivity contribution in [3.05, 3.63) is 65.9 Å². The molecule has 0 bridgehead atoms. The molecule has 0 saturated heterocycles. The van der Waals surface area contributed by atoms with E-state index in [0.717, 1.165) is 34.0 Å². The van der Waals surface area contributed by atoms with E-state index in [1.54, 1.807) is 14.2 Å². The summed E-state index contributed by atoms with van der Waals surface area (Å²) in [7, 11) is 3.42. The maximum absolute atomic E-state index is 5.79. The number of hydrogen-bond acceptors (Lipinski definition) is 3. The molecule has 1 aromatic heterocycles. The van der Waals surface area contributed by atoms with Crippen molar-refractivity contribution in [1.29, 1.82) is 0 Å². The van der Waals surface area contributed by atoms with Crippen molar-refractivity contribution >= 4 is 16.9 Å². The molecule has 3 aromatic rings. The Balaban J connectivity index is 1.54. The van der Waals surface area contributed by atoms with Crippen molar-refractivity contribution < 1.29 is 9.15 Å². The maximum Gasteiger partial charge on any atom is 0.191 e. The van der Waals surface area contributed by atoms with Crippen molar-refractivity contribution in [1.82, 2.24) is 10.6 Å². The smallest absolute Gasteiger partial charge is 0.191 e. The Morgan fingerprint density at radius 1 is 1.04 bits per heavy atom. The van der Waals surface area contributed by atoms with Gasteiger partial charge in [-0.25, -0.2) is 0 Å². The predicted octanol–water partition coefficient (Wildman–Crippen LogP) is 3.31. The number of benzene rings is 2. The fourth-order valence-electron chi connectivity index (χ4n) is 2.44. The summed E-state index contributed by atoms with van der Waals surface area (Å²) in [4.78, 5) is 4.23. The topological polar surface area (TPSA) is 58.8 Å². The Bertz CT molecular complexity index is 789. The highest BCUT2D eigenvalue weighted by Crippen LogP contribution is 2.18. The second-order valence-corrected chi connectivity index (χ2v) is 5.38. The lowest BCUT2D eigenvalue weighted by Crippen LogP contribution is -2.36. The summed E-state index contributed by atoms with van der Waals surface area (Å²) >= 11 is 0. The highest BCUT2D eigenvalue weighted by molar-refractivity contribution is 5.80. The molecule has 5 nitrogen and oxygen atoms in total. The normalized spacial score (nSPS) is 11.5. The van der Waals surface area contributed by atoms with Gasteiger partial charge in [0.05, 0.1) is 13.7 Å². The number of rotatable bonds is 5. The molecule has 0 fully saturated rings. The summed E-state index contributed by atoms with van der Waals surface area (Å²) in [5.41, 5.74) is 2.05. The van der Waals surface area contributed by atoms with Crippen LogP contribution in [0.5, 0.6) is 5.75 Å². The van der Waals surface area contributed by atoms with E-state index < -0.39 is 0 Å². The largest absolute Gasteiger partial charge is 0.497 e. The van der Waals surface area contributed by atoms with Crippen molar-refractivity contribution in [3.63, 3.8) is 0 Å². The Morgan fingerprint density at radius 3 is 2.50 bits per heavy atom. The fourth-order valence-corrected chi connectivity index (χ4v) is 2.44. The molecule has 0 radical (unpaired) electrons. The minimum atomic E-state index is 0.580. The molecule has 0 amide bonds. The molecule has 0 atom stereocenters. The first-order valence-electron chi connectivity index (χ1n) is 7.83. The zero-order valence-corrected chi connectivity index (χ0v) is 13.9. The van der Waals surface area contributed by atoms with Crippen LogP contribution < -0.4 is 15.4 Å². The van der Waals surface area contributed by atoms with Crippen molar-refractivity contribution in [2.75, 3.05) is 14.2 Å². The first kappa shape index (κ1) is 15.9. The molecule has 2 aromatic carbocycles. The van der Waals surface area contributed by atoms with Crippen LogP contribution in [0.3, 0.4) is 0 Å². The lowest BCUT2D eigenvalue weighted by molar-refractivity contribution is 0.414. The van der Waals surface area contributed by atoms with Crippen molar-refractivity contribution in [2.45, 2.75) is 13.1 Å². The average molecular weight is 323 g/mol. The molecule has 2 N–H and O–H groups in total. The van der Waals surface area contributed by atoms with Crippen LogP contribution in [0.2, 0.25) is 0 Å². The van der Waals surface area contributed by atoms with E-state index in [-0.39, 0.29) is 0 Å². The zero-order chi connectivity index (χ0) is 16.8. The zero-order valence-electron chi connectivity index (χ0n) is 13.9. The van der Waals surface area contributed by atoms with E-state index in [9.17, 15) is 0 Å². The highest BCUT2D eigenvalue weighted by atomic mass is 16.5. The molecule has 0 unspecified atom stereocenters. The summed E-state index contributed by atoms with van der Waals surface area (Å²) < 4.78 is 11.0. The van der Waals surface area contributed by atoms with E-state index in [1.165, 1.54) is 0 Å². The summed E-state index contributed by atoms with van der Waals surface area (Å²) in [5, 5.41) is 7.65. The molecule has 0 saturated carbocycles. The quantitative estimate of drug-likeness (QED) is 0.559. The van der Waals surface area contributed by atoms with Crippen molar-refractivity contribution in [3.8, 4) is 5.75 Å². The van der Waals surface area contributed by atoms with Gasteiger partial charge in [-0.3, -0.25) is 4.99 Å². The third-order valence-corrected chi connectivity index (χ3v) is 3.75. The average Bonchev–Trinajstić information content (AvgIpc) is 3.05. The van der Waals surface area contributed by atoms with E-state index in [4.69, 9.17) is 9.15 Å². The molecule has 0 aliphatic rings. The van der Waals surface area contributed by atoms with Gasteiger partial charge >= 0.3 is 0 Å². The number of guanidine groups is 1. The van der Waals surface area contributed by atoms with Gasteiger partial charge in [0.1, 0.15) is 17.1 Å². The number of hydrogen-bond donors (Lipinski definition) is 2. The van der Waals surface area contributed by atoms with Crippen LogP contribution in [0, 0.1) is 0 Å². The van der Waals surface area contributed by atoms with Crippen LogP contribution in [0.25, 0.3) is 11.0 Å². The van der Waals surface area contributed by atoms with Gasteiger partial charge in [-0.2, -0.15) is 0 Å². The first-order valence-corrected chi connectivity index (χ1v) is 7.83. The number of methoxy groups -OCH3 is 1. The minimum Gasteiger partial charge on any atom is -0.497 e. The Morgan fingerprint density at radius 2 is 1.79 bits per heavy atom. The van der Waals surface area contributed by atoms with Crippen molar-refractivity contribution in [2.24, 2.45) is 4.99 Å². The number of furan rings is 1. The van der Waals surface area contributed by atoms with Crippen LogP contribution in [-0.2, 0) is 13.1 Å². The third-order valence-electron chi connectivity index (χ3n) is 3.75. The van der Waals surface area contributed by atoms with Gasteiger partial charge in [0.25, 0.3) is 0 Å². The molecule has 3 rings (SSSR count). The molecular formula is C19H21N3O2. The second kappa shape index (κ2) is 7.55. The maximum atomic E-state index is 5.79. The predicted molar refractivity (Wildman–Crippen MR) is 96.2 cm³/mol. The van der Waals surface area contributed by atoms with Gasteiger partial charge in [-0.1, -0.05) is 30.3 Å². The van der Waals surface area contributed by atoms with E-state index in [1.807, 2.05) is 54.6 Å². The van der Waals surface area contributed by atoms with Crippen LogP contribution in [0.4, 0.5) is 0 Å². The van der Waals surface area contributed by atoms with Crippen LogP contribution in [0.1, 0.15) is 11.3 Å². The number of ether oxygens (including phenoxy) is 1. The van der Waals surface area contributed by atoms with Gasteiger partial charge in [-0.15, -0.1) is 0 Å². The lowest BCUT2D eigenvalue weighted by Gasteiger charge is -2.11. The third kappa shape index (κ3) is 3.87. The molecule has 1 heterocycles. The van der Waals surface area contributed by atoms with Gasteiger partial charge in [0, 0.05) is 19.0 Å². The number of aliphatic imine (C=N–C) groups is 1. The molecule has 0 aliphatic carbocycles. The van der Waals surface area contributed by atoms with Crippen LogP contribution in [-0.4, -0.2) is 20.1 Å². The SMILES string of the molecule is CN=C(NCc1ccc(OC)cc1)NCc1cc2ccccc2o1. The fraction of sp³-hybridized carbons (Fsp3) is 0.211. The van der Waals surface area contributed by atoms with Gasteiger partial charge in [-0.05, 0) is 29.8 Å².